The number of hydrogen-bond donors (Lipinski definition) is 0. The highest BCUT2D eigenvalue weighted by molar-refractivity contribution is 8.25. The van der Waals surface area contributed by atoms with Crippen molar-refractivity contribution in [3.05, 3.63) is 45.7 Å². The van der Waals surface area contributed by atoms with Gasteiger partial charge < -0.3 is 9.90 Å². The average Bonchev–Trinajstić information content (AvgIpc) is 3.09. The van der Waals surface area contributed by atoms with E-state index in [4.69, 9.17) is 0 Å². The Hall–Kier alpha value is -1.20. The normalized spacial score (nSPS) is 24.5. The molecule has 1 saturated heterocycles. The minimum atomic E-state index is -1.33. The zero-order chi connectivity index (χ0) is 14.1. The van der Waals surface area contributed by atoms with Gasteiger partial charge in [0.25, 0.3) is 0 Å². The highest BCUT2D eigenvalue weighted by Crippen LogP contribution is 2.50. The van der Waals surface area contributed by atoms with Gasteiger partial charge in [0.1, 0.15) is 0 Å². The Labute approximate surface area is 125 Å². The first-order chi connectivity index (χ1) is 9.68. The molecule has 3 nitrogen and oxygen atoms in total. The summed E-state index contributed by atoms with van der Waals surface area (Å²) >= 11 is 2.90. The average molecular weight is 305 g/mol. The molecule has 1 aliphatic heterocycles. The summed E-state index contributed by atoms with van der Waals surface area (Å²) in [5.41, 5.74) is 1.02. The van der Waals surface area contributed by atoms with E-state index in [9.17, 15) is 14.7 Å². The van der Waals surface area contributed by atoms with Crippen molar-refractivity contribution in [1.29, 1.82) is 0 Å². The Morgan fingerprint density at radius 1 is 1.10 bits per heavy atom. The summed E-state index contributed by atoms with van der Waals surface area (Å²) in [5.74, 6) is 0.101. The summed E-state index contributed by atoms with van der Waals surface area (Å²) in [7, 11) is 0. The molecular formula is C15H13O3S2-. The number of Topliss-reactive ketones (excluding diaryl/α,β-unsaturated/α-hetero) is 1. The monoisotopic (exact) mass is 305 g/mol. The van der Waals surface area contributed by atoms with Crippen molar-refractivity contribution in [2.45, 2.75) is 12.3 Å². The fourth-order valence-electron chi connectivity index (χ4n) is 2.48. The Morgan fingerprint density at radius 2 is 1.75 bits per heavy atom. The molecule has 1 saturated carbocycles. The van der Waals surface area contributed by atoms with Crippen molar-refractivity contribution in [2.24, 2.45) is 5.92 Å². The summed E-state index contributed by atoms with van der Waals surface area (Å²) in [6, 6.07) is 9.79. The molecule has 0 N–H and O–H groups in total. The van der Waals surface area contributed by atoms with E-state index in [1.807, 2.05) is 30.3 Å². The summed E-state index contributed by atoms with van der Waals surface area (Å²) < 4.78 is 0.633. The van der Waals surface area contributed by atoms with E-state index in [1.54, 1.807) is 0 Å². The van der Waals surface area contributed by atoms with Crippen molar-refractivity contribution in [3.63, 3.8) is 0 Å². The van der Waals surface area contributed by atoms with Gasteiger partial charge in [-0.15, -0.1) is 23.5 Å². The number of carbonyl (C=O) groups excluding carboxylic acids is 2. The number of hydrogen-bond acceptors (Lipinski definition) is 5. The van der Waals surface area contributed by atoms with Gasteiger partial charge in [0.05, 0.1) is 15.8 Å². The lowest BCUT2D eigenvalue weighted by Crippen LogP contribution is -2.30. The van der Waals surface area contributed by atoms with E-state index in [1.165, 1.54) is 23.5 Å². The van der Waals surface area contributed by atoms with Gasteiger partial charge in [-0.2, -0.15) is 0 Å². The van der Waals surface area contributed by atoms with Crippen LogP contribution in [0.5, 0.6) is 0 Å². The maximum atomic E-state index is 12.4. The lowest BCUT2D eigenvalue weighted by atomic mass is 10.0. The topological polar surface area (TPSA) is 57.2 Å². The number of thioether (sulfide) groups is 2. The molecule has 2 atom stereocenters. The largest absolute Gasteiger partial charge is 0.545 e. The van der Waals surface area contributed by atoms with Gasteiger partial charge in [-0.3, -0.25) is 4.79 Å². The number of carboxylic acid groups (broad SMARTS) is 1. The third-order valence-corrected chi connectivity index (χ3v) is 6.27. The van der Waals surface area contributed by atoms with Gasteiger partial charge in [0, 0.05) is 17.4 Å². The zero-order valence-electron chi connectivity index (χ0n) is 10.7. The van der Waals surface area contributed by atoms with Crippen molar-refractivity contribution < 1.29 is 14.7 Å². The van der Waals surface area contributed by atoms with Gasteiger partial charge in [-0.1, -0.05) is 30.3 Å². The molecule has 0 amide bonds. The van der Waals surface area contributed by atoms with E-state index in [-0.39, 0.29) is 23.2 Å². The molecule has 2 aliphatic rings. The second-order valence-electron chi connectivity index (χ2n) is 4.87. The number of aliphatic carboxylic acids is 1. The van der Waals surface area contributed by atoms with Gasteiger partial charge in [0.2, 0.25) is 0 Å². The fraction of sp³-hybridized carbons (Fsp3) is 0.333. The minimum Gasteiger partial charge on any atom is -0.545 e. The molecular weight excluding hydrogens is 292 g/mol. The van der Waals surface area contributed by atoms with Crippen LogP contribution in [0.3, 0.4) is 0 Å². The molecule has 104 valence electrons. The highest BCUT2D eigenvalue weighted by atomic mass is 32.2. The van der Waals surface area contributed by atoms with Crippen LogP contribution < -0.4 is 5.11 Å². The molecule has 20 heavy (non-hydrogen) atoms. The van der Waals surface area contributed by atoms with Crippen LogP contribution in [-0.4, -0.2) is 23.3 Å². The smallest absolute Gasteiger partial charge is 0.170 e. The molecule has 1 aliphatic carbocycles. The summed E-state index contributed by atoms with van der Waals surface area (Å²) in [6.45, 7) is 0. The Balaban J connectivity index is 1.80. The summed E-state index contributed by atoms with van der Waals surface area (Å²) in [4.78, 5) is 23.7. The molecule has 0 radical (unpaired) electrons. The van der Waals surface area contributed by atoms with Crippen molar-refractivity contribution in [3.8, 4) is 0 Å². The minimum absolute atomic E-state index is 0.0964. The maximum Gasteiger partial charge on any atom is 0.170 e. The second kappa shape index (κ2) is 5.66. The Morgan fingerprint density at radius 3 is 2.35 bits per heavy atom. The number of rotatable bonds is 4. The van der Waals surface area contributed by atoms with E-state index < -0.39 is 5.97 Å². The van der Waals surface area contributed by atoms with Crippen LogP contribution in [-0.2, 0) is 9.59 Å². The fourth-order valence-corrected chi connectivity index (χ4v) is 5.01. The van der Waals surface area contributed by atoms with Crippen LogP contribution in [0.15, 0.2) is 40.1 Å². The molecule has 2 fully saturated rings. The van der Waals surface area contributed by atoms with Crippen LogP contribution in [0, 0.1) is 5.92 Å². The quantitative estimate of drug-likeness (QED) is 0.482. The van der Waals surface area contributed by atoms with E-state index in [0.717, 1.165) is 23.5 Å². The second-order valence-corrected chi connectivity index (χ2v) is 7.34. The molecule has 1 aromatic carbocycles. The summed E-state index contributed by atoms with van der Waals surface area (Å²) in [6.07, 6.45) is 0.738. The lowest BCUT2D eigenvalue weighted by Gasteiger charge is -2.10. The first-order valence-corrected chi connectivity index (χ1v) is 8.46. The molecule has 0 aromatic heterocycles. The van der Waals surface area contributed by atoms with Gasteiger partial charge in [-0.05, 0) is 17.9 Å². The Kier molecular flexibility index (Phi) is 3.89. The van der Waals surface area contributed by atoms with Crippen LogP contribution in [0.25, 0.3) is 0 Å². The van der Waals surface area contributed by atoms with E-state index in [0.29, 0.717) is 4.24 Å². The third-order valence-electron chi connectivity index (χ3n) is 3.56. The van der Waals surface area contributed by atoms with Crippen LogP contribution in [0.4, 0.5) is 0 Å². The molecule has 3 rings (SSSR count). The standard InChI is InChI=1S/C15H14O3S2/c16-13(12(14(17)18)15-19-6-7-20-15)11-8-10(11)9-4-2-1-3-5-9/h1-5,10-11H,6-8H2,(H,17,18)/p-1/t10-,11+/m0/s1. The van der Waals surface area contributed by atoms with Gasteiger partial charge in [-0.25, -0.2) is 0 Å². The SMILES string of the molecule is O=C([O-])C(C(=O)[C@@H]1C[C@H]1c1ccccc1)=C1SCCS1. The van der Waals surface area contributed by atoms with Gasteiger partial charge >= 0.3 is 0 Å². The van der Waals surface area contributed by atoms with Crippen LogP contribution in [0.2, 0.25) is 0 Å². The highest BCUT2D eigenvalue weighted by Gasteiger charge is 2.45. The molecule has 0 bridgehead atoms. The first-order valence-electron chi connectivity index (χ1n) is 6.49. The third kappa shape index (κ3) is 2.65. The lowest BCUT2D eigenvalue weighted by molar-refractivity contribution is -0.298. The zero-order valence-corrected chi connectivity index (χ0v) is 12.3. The van der Waals surface area contributed by atoms with Gasteiger partial charge in [0.15, 0.2) is 5.78 Å². The predicted molar refractivity (Wildman–Crippen MR) is 79.2 cm³/mol. The molecule has 0 spiro atoms. The number of carbonyl (C=O) groups is 2. The maximum absolute atomic E-state index is 12.4. The molecule has 0 unspecified atom stereocenters. The predicted octanol–water partition coefficient (Wildman–Crippen LogP) is 1.80. The van der Waals surface area contributed by atoms with Crippen molar-refractivity contribution in [2.75, 3.05) is 11.5 Å². The van der Waals surface area contributed by atoms with Crippen LogP contribution >= 0.6 is 23.5 Å². The molecule has 1 aromatic rings. The summed E-state index contributed by atoms with van der Waals surface area (Å²) in [5, 5.41) is 11.3. The van der Waals surface area contributed by atoms with E-state index in [2.05, 4.69) is 0 Å². The molecule has 1 heterocycles. The number of ketones is 1. The first kappa shape index (κ1) is 13.8. The van der Waals surface area contributed by atoms with Crippen molar-refractivity contribution in [1.82, 2.24) is 0 Å². The van der Waals surface area contributed by atoms with Crippen molar-refractivity contribution >= 4 is 35.3 Å². The number of benzene rings is 1. The Bertz CT molecular complexity index is 572. The number of carboxylic acids is 1. The van der Waals surface area contributed by atoms with Crippen LogP contribution in [0.1, 0.15) is 17.9 Å². The van der Waals surface area contributed by atoms with E-state index >= 15 is 0 Å². The molecule has 5 heteroatoms.